The highest BCUT2D eigenvalue weighted by Crippen LogP contribution is 2.66. The molecular weight excluding hydrogens is 475 g/mol. The fourth-order valence-corrected chi connectivity index (χ4v) is 5.48. The summed E-state index contributed by atoms with van der Waals surface area (Å²) in [6.45, 7) is 2.42. The molecular formula is C11H20N3O13P3. The lowest BCUT2D eigenvalue weighted by molar-refractivity contribution is -0.0555. The van der Waals surface area contributed by atoms with Gasteiger partial charge >= 0.3 is 23.5 Å². The molecule has 0 spiro atoms. The molecule has 8 N–H and O–H groups in total. The quantitative estimate of drug-likeness (QED) is 0.186. The number of nitrogens with zero attached hydrogens (tertiary/aromatic N) is 2. The average molecular weight is 495 g/mol. The van der Waals surface area contributed by atoms with E-state index in [4.69, 9.17) is 25.2 Å². The Morgan fingerprint density at radius 1 is 1.23 bits per heavy atom. The van der Waals surface area contributed by atoms with Gasteiger partial charge in [0.05, 0.1) is 19.3 Å². The minimum Gasteiger partial charge on any atom is -0.391 e. The maximum atomic E-state index is 11.7. The Labute approximate surface area is 169 Å². The van der Waals surface area contributed by atoms with Crippen molar-refractivity contribution >= 4 is 29.3 Å². The van der Waals surface area contributed by atoms with Gasteiger partial charge < -0.3 is 45.2 Å². The number of phosphoric acid groups is 3. The highest BCUT2D eigenvalue weighted by Gasteiger charge is 2.43. The van der Waals surface area contributed by atoms with Gasteiger partial charge in [-0.2, -0.15) is 8.62 Å². The maximum Gasteiger partial charge on any atom is 0.490 e. The number of hydrogen-bond donors (Lipinski definition) is 7. The summed E-state index contributed by atoms with van der Waals surface area (Å²) in [6, 6.07) is 0. The molecule has 0 aromatic rings. The number of rotatable bonds is 9. The second kappa shape index (κ2) is 9.27. The summed E-state index contributed by atoms with van der Waals surface area (Å²) in [5.41, 5.74) is 5.89. The Morgan fingerprint density at radius 2 is 1.87 bits per heavy atom. The van der Waals surface area contributed by atoms with Gasteiger partial charge in [-0.25, -0.2) is 18.7 Å². The number of hydrogen-bond acceptors (Lipinski definition) is 12. The predicted octanol–water partition coefficient (Wildman–Crippen LogP) is -1.17. The van der Waals surface area contributed by atoms with E-state index in [1.807, 2.05) is 0 Å². The molecule has 30 heavy (non-hydrogen) atoms. The summed E-state index contributed by atoms with van der Waals surface area (Å²) in [4.78, 5) is 40.8. The molecule has 1 saturated heterocycles. The minimum absolute atomic E-state index is 0.0431. The molecule has 0 aliphatic carbocycles. The normalized spacial score (nSPS) is 29.2. The van der Waals surface area contributed by atoms with Gasteiger partial charge in [0.2, 0.25) is 0 Å². The summed E-state index contributed by atoms with van der Waals surface area (Å²) in [5.74, 6) is 0.178. The van der Waals surface area contributed by atoms with Crippen LogP contribution >= 0.6 is 23.5 Å². The topological polar surface area (TPSA) is 251 Å². The monoisotopic (exact) mass is 495 g/mol. The van der Waals surface area contributed by atoms with Crippen LogP contribution in [0.1, 0.15) is 6.42 Å². The van der Waals surface area contributed by atoms with Crippen molar-refractivity contribution in [3.8, 4) is 0 Å². The summed E-state index contributed by atoms with van der Waals surface area (Å²) in [5, 5.41) is 19.4. The first-order chi connectivity index (χ1) is 13.6. The number of ether oxygens (including phenoxy) is 1. The molecule has 0 amide bonds. The van der Waals surface area contributed by atoms with Crippen molar-refractivity contribution in [2.45, 2.75) is 24.9 Å². The first-order valence-corrected chi connectivity index (χ1v) is 12.4. The second-order valence-corrected chi connectivity index (χ2v) is 10.4. The SMILES string of the molecule is C=C1N=C(N)C(CO)=CN1C1CC(O)C(COP(=O)(O)OP(=O)(O)OP(=O)(O)O)O1. The van der Waals surface area contributed by atoms with Crippen molar-refractivity contribution in [3.05, 3.63) is 24.2 Å². The van der Waals surface area contributed by atoms with Crippen molar-refractivity contribution < 1.29 is 61.4 Å². The van der Waals surface area contributed by atoms with E-state index in [1.165, 1.54) is 11.1 Å². The highest BCUT2D eigenvalue weighted by atomic mass is 31.3. The third-order valence-electron chi connectivity index (χ3n) is 3.67. The molecule has 0 aromatic carbocycles. The number of amidine groups is 1. The predicted molar refractivity (Wildman–Crippen MR) is 96.9 cm³/mol. The van der Waals surface area contributed by atoms with E-state index in [1.54, 1.807) is 0 Å². The number of aliphatic imine (C=N–C) groups is 1. The number of nitrogens with two attached hydrogens (primary N) is 1. The Hall–Kier alpha value is -0.960. The molecule has 0 aromatic heterocycles. The van der Waals surface area contributed by atoms with Crippen LogP contribution in [0.2, 0.25) is 0 Å². The van der Waals surface area contributed by atoms with Crippen LogP contribution in [-0.2, 0) is 31.6 Å². The molecule has 16 nitrogen and oxygen atoms in total. The molecule has 0 radical (unpaired) electrons. The molecule has 5 atom stereocenters. The first-order valence-electron chi connectivity index (χ1n) is 7.87. The smallest absolute Gasteiger partial charge is 0.391 e. The Kier molecular flexibility index (Phi) is 7.81. The van der Waals surface area contributed by atoms with Gasteiger partial charge in [0, 0.05) is 18.2 Å². The maximum absolute atomic E-state index is 11.7. The summed E-state index contributed by atoms with van der Waals surface area (Å²) >= 11 is 0. The zero-order valence-corrected chi connectivity index (χ0v) is 17.7. The lowest BCUT2D eigenvalue weighted by Crippen LogP contribution is -2.35. The zero-order chi connectivity index (χ0) is 22.9. The van der Waals surface area contributed by atoms with Crippen LogP contribution in [0, 0.1) is 0 Å². The molecule has 2 aliphatic rings. The van der Waals surface area contributed by atoms with Gasteiger partial charge in [0.15, 0.2) is 0 Å². The Morgan fingerprint density at radius 3 is 2.43 bits per heavy atom. The standard InChI is InChI=1S/C11H20N3O13P3/c1-6-13-11(12)7(4-15)3-14(6)10-2-8(16)9(25-10)5-24-29(20,21)27-30(22,23)26-28(17,18)19/h3,8-10,15-16H,1-2,4-5H2,(H2,12,13)(H,20,21)(H,22,23)(H2,17,18,19). The van der Waals surface area contributed by atoms with Gasteiger partial charge in [0.25, 0.3) is 0 Å². The molecule has 5 unspecified atom stereocenters. The van der Waals surface area contributed by atoms with Gasteiger partial charge in [-0.3, -0.25) is 4.52 Å². The van der Waals surface area contributed by atoms with Gasteiger partial charge in [-0.1, -0.05) is 6.58 Å². The van der Waals surface area contributed by atoms with Gasteiger partial charge in [-0.05, 0) is 0 Å². The molecule has 172 valence electrons. The molecule has 19 heteroatoms. The molecule has 2 aliphatic heterocycles. The summed E-state index contributed by atoms with van der Waals surface area (Å²) in [6.07, 6.45) is -1.98. The Balaban J connectivity index is 1.98. The summed E-state index contributed by atoms with van der Waals surface area (Å²) < 4.78 is 50.7. The van der Waals surface area contributed by atoms with Gasteiger partial charge in [-0.15, -0.1) is 0 Å². The third-order valence-corrected chi connectivity index (χ3v) is 7.48. The minimum atomic E-state index is -5.65. The van der Waals surface area contributed by atoms with E-state index in [9.17, 15) is 28.8 Å². The number of aliphatic hydroxyl groups is 2. The molecule has 0 saturated carbocycles. The fourth-order valence-electron chi connectivity index (χ4n) is 2.46. The molecule has 2 heterocycles. The van der Waals surface area contributed by atoms with E-state index in [-0.39, 0.29) is 23.7 Å². The van der Waals surface area contributed by atoms with Crippen LogP contribution in [0.25, 0.3) is 0 Å². The van der Waals surface area contributed by atoms with Crippen molar-refractivity contribution in [2.75, 3.05) is 13.2 Å². The summed E-state index contributed by atoms with van der Waals surface area (Å²) in [7, 11) is -16.5. The Bertz CT molecular complexity index is 885. The van der Waals surface area contributed by atoms with E-state index >= 15 is 0 Å². The van der Waals surface area contributed by atoms with E-state index in [0.29, 0.717) is 0 Å². The molecule has 1 fully saturated rings. The van der Waals surface area contributed by atoms with Crippen molar-refractivity contribution in [2.24, 2.45) is 10.7 Å². The van der Waals surface area contributed by atoms with E-state index in [0.717, 1.165) is 0 Å². The lowest BCUT2D eigenvalue weighted by Gasteiger charge is -2.30. The largest absolute Gasteiger partial charge is 0.490 e. The van der Waals surface area contributed by atoms with E-state index < -0.39 is 55.1 Å². The van der Waals surface area contributed by atoms with E-state index in [2.05, 4.69) is 24.7 Å². The van der Waals surface area contributed by atoms with Crippen LogP contribution in [0.15, 0.2) is 29.2 Å². The van der Waals surface area contributed by atoms with Crippen molar-refractivity contribution in [1.82, 2.24) is 4.90 Å². The third kappa shape index (κ3) is 7.04. The van der Waals surface area contributed by atoms with Crippen LogP contribution < -0.4 is 5.73 Å². The number of aliphatic hydroxyl groups excluding tert-OH is 2. The average Bonchev–Trinajstić information content (AvgIpc) is 2.90. The van der Waals surface area contributed by atoms with Crippen LogP contribution in [0.3, 0.4) is 0 Å². The van der Waals surface area contributed by atoms with Gasteiger partial charge in [0.1, 0.15) is 24.0 Å². The number of phosphoric ester groups is 1. The fraction of sp³-hybridized carbons (Fsp3) is 0.545. The second-order valence-electron chi connectivity index (χ2n) is 5.95. The highest BCUT2D eigenvalue weighted by molar-refractivity contribution is 7.66. The van der Waals surface area contributed by atoms with Crippen LogP contribution in [0.5, 0.6) is 0 Å². The van der Waals surface area contributed by atoms with Crippen LogP contribution in [0.4, 0.5) is 0 Å². The van der Waals surface area contributed by atoms with Crippen LogP contribution in [-0.4, -0.2) is 72.2 Å². The zero-order valence-electron chi connectivity index (χ0n) is 15.0. The lowest BCUT2D eigenvalue weighted by atomic mass is 10.1. The molecule has 2 rings (SSSR count). The first kappa shape index (κ1) is 25.3. The molecule has 0 bridgehead atoms. The van der Waals surface area contributed by atoms with Crippen molar-refractivity contribution in [3.63, 3.8) is 0 Å². The van der Waals surface area contributed by atoms with Crippen molar-refractivity contribution in [1.29, 1.82) is 0 Å².